The zero-order valence-corrected chi connectivity index (χ0v) is 14.1. The molecule has 0 aromatic carbocycles. The molecule has 2 aliphatic rings. The number of carboxylic acids is 1. The molecule has 8 nitrogen and oxygen atoms in total. The van der Waals surface area contributed by atoms with E-state index in [1.54, 1.807) is 0 Å². The molecule has 0 unspecified atom stereocenters. The van der Waals surface area contributed by atoms with Gasteiger partial charge in [-0.3, -0.25) is 9.59 Å². The summed E-state index contributed by atoms with van der Waals surface area (Å²) in [5, 5.41) is 12.2. The average molecular weight is 312 g/mol. The van der Waals surface area contributed by atoms with E-state index < -0.39 is 43.8 Å². The molecule has 0 aliphatic carbocycles. The zero-order chi connectivity index (χ0) is 14.6. The number of fused-ring (bicyclic) bond motifs is 1. The normalized spacial score (nSPS) is 32.6. The molecule has 1 N–H and O–H groups in total. The largest absolute Gasteiger partial charge is 1.00 e. The van der Waals surface area contributed by atoms with Gasteiger partial charge in [-0.05, 0) is 13.8 Å². The molecule has 2 rings (SSSR count). The van der Waals surface area contributed by atoms with Crippen molar-refractivity contribution in [3.05, 3.63) is 0 Å². The summed E-state index contributed by atoms with van der Waals surface area (Å²) in [6.45, 7) is 2.40. The number of rotatable bonds is 4. The third kappa shape index (κ3) is 1.99. The molecule has 2 heterocycles. The van der Waals surface area contributed by atoms with Crippen molar-refractivity contribution < 1.29 is 57.5 Å². The SMILES string of the molecule is CC1(C)[C@H](C(=O)[O-])N2C(=O)[C@@H](CNC=O)[C@H]2S1(=O)=O.[Na+]. The fraction of sp³-hybridized carbons (Fsp3) is 0.700. The van der Waals surface area contributed by atoms with Crippen molar-refractivity contribution in [1.82, 2.24) is 10.2 Å². The molecule has 10 heteroatoms. The Morgan fingerprint density at radius 3 is 2.50 bits per heavy atom. The summed E-state index contributed by atoms with van der Waals surface area (Å²) in [6.07, 6.45) is 0.360. The minimum atomic E-state index is -3.84. The first-order chi connectivity index (χ1) is 8.67. The van der Waals surface area contributed by atoms with Crippen molar-refractivity contribution in [2.45, 2.75) is 30.0 Å². The Hall–Kier alpha value is -0.640. The van der Waals surface area contributed by atoms with E-state index in [9.17, 15) is 27.9 Å². The molecule has 0 radical (unpaired) electrons. The van der Waals surface area contributed by atoms with E-state index in [0.717, 1.165) is 4.90 Å². The van der Waals surface area contributed by atoms with E-state index in [1.165, 1.54) is 13.8 Å². The Morgan fingerprint density at radius 1 is 1.50 bits per heavy atom. The van der Waals surface area contributed by atoms with Gasteiger partial charge in [0.1, 0.15) is 5.37 Å². The predicted octanol–water partition coefficient (Wildman–Crippen LogP) is -6.15. The number of nitrogens with one attached hydrogen (secondary N) is 1. The Kier molecular flexibility index (Phi) is 4.60. The Morgan fingerprint density at radius 2 is 2.05 bits per heavy atom. The second kappa shape index (κ2) is 5.28. The molecule has 0 bridgehead atoms. The fourth-order valence-electron chi connectivity index (χ4n) is 2.75. The molecule has 0 saturated carbocycles. The topological polar surface area (TPSA) is 124 Å². The summed E-state index contributed by atoms with van der Waals surface area (Å²) in [7, 11) is -3.84. The van der Waals surface area contributed by atoms with Crippen LogP contribution in [0.5, 0.6) is 0 Å². The van der Waals surface area contributed by atoms with Crippen LogP contribution in [0.3, 0.4) is 0 Å². The van der Waals surface area contributed by atoms with Crippen LogP contribution in [0, 0.1) is 5.92 Å². The van der Waals surface area contributed by atoms with Crippen LogP contribution in [0.1, 0.15) is 13.8 Å². The summed E-state index contributed by atoms with van der Waals surface area (Å²) < 4.78 is 23.0. The van der Waals surface area contributed by atoms with Crippen LogP contribution in [0.4, 0.5) is 0 Å². The first-order valence-corrected chi connectivity index (χ1v) is 7.16. The van der Waals surface area contributed by atoms with Crippen LogP contribution in [0.2, 0.25) is 0 Å². The third-order valence-corrected chi connectivity index (χ3v) is 6.70. The number of hydrogen-bond acceptors (Lipinski definition) is 6. The van der Waals surface area contributed by atoms with Gasteiger partial charge < -0.3 is 20.1 Å². The molecular weight excluding hydrogens is 299 g/mol. The second-order valence-electron chi connectivity index (χ2n) is 5.14. The van der Waals surface area contributed by atoms with E-state index >= 15 is 0 Å². The van der Waals surface area contributed by atoms with Gasteiger partial charge >= 0.3 is 29.6 Å². The van der Waals surface area contributed by atoms with Crippen LogP contribution in [0.25, 0.3) is 0 Å². The summed E-state index contributed by atoms with van der Waals surface area (Å²) in [6, 6.07) is -1.50. The van der Waals surface area contributed by atoms with Gasteiger partial charge in [0.2, 0.25) is 12.3 Å². The Bertz CT molecular complexity index is 560. The summed E-state index contributed by atoms with van der Waals surface area (Å²) in [5.41, 5.74) is 0. The number of amides is 2. The molecule has 0 aromatic rings. The van der Waals surface area contributed by atoms with Crippen LogP contribution in [0.15, 0.2) is 0 Å². The summed E-state index contributed by atoms with van der Waals surface area (Å²) >= 11 is 0. The minimum absolute atomic E-state index is 0. The van der Waals surface area contributed by atoms with Crippen molar-refractivity contribution in [3.8, 4) is 0 Å². The van der Waals surface area contributed by atoms with E-state index in [2.05, 4.69) is 5.32 Å². The van der Waals surface area contributed by atoms with Gasteiger partial charge in [-0.2, -0.15) is 0 Å². The van der Waals surface area contributed by atoms with Gasteiger partial charge in [0.15, 0.2) is 9.84 Å². The quantitative estimate of drug-likeness (QED) is 0.313. The molecule has 2 aliphatic heterocycles. The van der Waals surface area contributed by atoms with Gasteiger partial charge in [0, 0.05) is 6.54 Å². The van der Waals surface area contributed by atoms with Gasteiger partial charge in [0.25, 0.3) is 0 Å². The number of sulfone groups is 1. The van der Waals surface area contributed by atoms with Crippen molar-refractivity contribution in [2.75, 3.05) is 6.54 Å². The first-order valence-electron chi connectivity index (χ1n) is 5.61. The zero-order valence-electron chi connectivity index (χ0n) is 11.3. The van der Waals surface area contributed by atoms with Crippen LogP contribution in [-0.4, -0.2) is 54.3 Å². The van der Waals surface area contributed by atoms with E-state index in [4.69, 9.17) is 0 Å². The van der Waals surface area contributed by atoms with E-state index in [1.807, 2.05) is 0 Å². The standard InChI is InChI=1S/C10H14N2O6S.Na/c1-10(2)6(9(15)16)12-7(14)5(3-11-4-13)8(12)19(10,17)18;/h4-6,8H,3H2,1-2H3,(H,11,13)(H,15,16);/q;+1/p-1/t5-,6+,8-;/m1./s1. The minimum Gasteiger partial charge on any atom is -0.548 e. The molecule has 20 heavy (non-hydrogen) atoms. The van der Waals surface area contributed by atoms with Crippen molar-refractivity contribution in [1.29, 1.82) is 0 Å². The first kappa shape index (κ1) is 17.4. The molecule has 2 amide bonds. The Labute approximate surface area is 138 Å². The maximum absolute atomic E-state index is 12.3. The molecular formula is C10H13N2NaO6S. The average Bonchev–Trinajstić information content (AvgIpc) is 2.43. The third-order valence-electron chi connectivity index (χ3n) is 3.82. The van der Waals surface area contributed by atoms with Gasteiger partial charge in [0.05, 0.1) is 22.7 Å². The van der Waals surface area contributed by atoms with Gasteiger partial charge in [-0.15, -0.1) is 0 Å². The number of carboxylic acid groups (broad SMARTS) is 1. The molecule has 106 valence electrons. The number of carbonyl (C=O) groups excluding carboxylic acids is 3. The second-order valence-corrected chi connectivity index (χ2v) is 7.76. The van der Waals surface area contributed by atoms with Gasteiger partial charge in [-0.25, -0.2) is 8.42 Å². The summed E-state index contributed by atoms with van der Waals surface area (Å²) in [4.78, 5) is 34.0. The van der Waals surface area contributed by atoms with Crippen molar-refractivity contribution >= 4 is 28.1 Å². The molecule has 2 saturated heterocycles. The number of β-lactam (4-membered cyclic amide) rings is 1. The number of aliphatic carboxylic acids is 1. The monoisotopic (exact) mass is 312 g/mol. The number of nitrogens with zero attached hydrogens (tertiary/aromatic N) is 1. The molecule has 3 atom stereocenters. The van der Waals surface area contributed by atoms with Gasteiger partial charge in [-0.1, -0.05) is 0 Å². The fourth-order valence-corrected chi connectivity index (χ4v) is 5.07. The van der Waals surface area contributed by atoms with E-state index in [-0.39, 0.29) is 36.1 Å². The molecule has 0 spiro atoms. The summed E-state index contributed by atoms with van der Waals surface area (Å²) in [5.74, 6) is -3.12. The molecule has 2 fully saturated rings. The van der Waals surface area contributed by atoms with Crippen LogP contribution < -0.4 is 40.0 Å². The van der Waals surface area contributed by atoms with E-state index in [0.29, 0.717) is 6.41 Å². The van der Waals surface area contributed by atoms with Crippen molar-refractivity contribution in [3.63, 3.8) is 0 Å². The Balaban J connectivity index is 0.00000200. The molecule has 0 aromatic heterocycles. The maximum Gasteiger partial charge on any atom is 1.00 e. The van der Waals surface area contributed by atoms with Crippen molar-refractivity contribution in [2.24, 2.45) is 5.92 Å². The maximum atomic E-state index is 12.3. The van der Waals surface area contributed by atoms with Crippen LogP contribution in [-0.2, 0) is 24.2 Å². The van der Waals surface area contributed by atoms with Crippen LogP contribution >= 0.6 is 0 Å². The smallest absolute Gasteiger partial charge is 0.548 e. The number of hydrogen-bond donors (Lipinski definition) is 1. The number of carbonyl (C=O) groups is 3. The predicted molar refractivity (Wildman–Crippen MR) is 60.0 cm³/mol.